The Labute approximate surface area is 110 Å². The fraction of sp³-hybridized carbons (Fsp3) is 0.385. The number of benzene rings is 1. The number of carbonyl (C=O) groups is 2. The van der Waals surface area contributed by atoms with Gasteiger partial charge in [-0.05, 0) is 24.3 Å². The van der Waals surface area contributed by atoms with Crippen LogP contribution in [0.4, 0.5) is 5.69 Å². The van der Waals surface area contributed by atoms with E-state index < -0.39 is 0 Å². The summed E-state index contributed by atoms with van der Waals surface area (Å²) >= 11 is 5.80. The lowest BCUT2D eigenvalue weighted by atomic mass is 10.1. The Bertz CT molecular complexity index is 496. The molecule has 2 heterocycles. The molecule has 0 spiro atoms. The molecule has 3 rings (SSSR count). The van der Waals surface area contributed by atoms with E-state index in [1.807, 2.05) is 0 Å². The molecule has 1 atom stereocenters. The average Bonchev–Trinajstić information content (AvgIpc) is 3.10. The van der Waals surface area contributed by atoms with Crippen LogP contribution in [0, 0.1) is 5.92 Å². The molecule has 4 nitrogen and oxygen atoms in total. The van der Waals surface area contributed by atoms with Gasteiger partial charge in [-0.2, -0.15) is 0 Å². The lowest BCUT2D eigenvalue weighted by molar-refractivity contribution is -0.122. The highest BCUT2D eigenvalue weighted by molar-refractivity contribution is 6.30. The van der Waals surface area contributed by atoms with Gasteiger partial charge in [0.05, 0.1) is 11.6 Å². The second kappa shape index (κ2) is 4.37. The van der Waals surface area contributed by atoms with Crippen molar-refractivity contribution >= 4 is 29.1 Å². The normalized spacial score (nSPS) is 23.8. The Balaban J connectivity index is 1.80. The first-order valence-electron chi connectivity index (χ1n) is 6.00. The van der Waals surface area contributed by atoms with Gasteiger partial charge in [0.1, 0.15) is 0 Å². The zero-order valence-electron chi connectivity index (χ0n) is 9.80. The van der Waals surface area contributed by atoms with Gasteiger partial charge >= 0.3 is 0 Å². The molecule has 1 aromatic carbocycles. The summed E-state index contributed by atoms with van der Waals surface area (Å²) < 4.78 is 0. The van der Waals surface area contributed by atoms with Crippen LogP contribution < -0.4 is 4.90 Å². The van der Waals surface area contributed by atoms with Crippen LogP contribution in [0.1, 0.15) is 6.42 Å². The zero-order chi connectivity index (χ0) is 12.7. The Morgan fingerprint density at radius 1 is 1.17 bits per heavy atom. The van der Waals surface area contributed by atoms with Crippen molar-refractivity contribution in [3.8, 4) is 0 Å². The first-order valence-corrected chi connectivity index (χ1v) is 6.37. The summed E-state index contributed by atoms with van der Waals surface area (Å²) in [6.07, 6.45) is 0.317. The monoisotopic (exact) mass is 264 g/mol. The molecule has 2 fully saturated rings. The van der Waals surface area contributed by atoms with Crippen molar-refractivity contribution in [3.63, 3.8) is 0 Å². The van der Waals surface area contributed by atoms with E-state index in [1.54, 1.807) is 24.3 Å². The predicted molar refractivity (Wildman–Crippen MR) is 68.5 cm³/mol. The summed E-state index contributed by atoms with van der Waals surface area (Å²) in [4.78, 5) is 27.6. The molecule has 5 heteroatoms. The summed E-state index contributed by atoms with van der Waals surface area (Å²) in [7, 11) is 0. The number of carbonyl (C=O) groups excluding carboxylic acids is 2. The lowest BCUT2D eigenvalue weighted by Crippen LogP contribution is -2.31. The van der Waals surface area contributed by atoms with Crippen molar-refractivity contribution in [2.24, 2.45) is 5.92 Å². The third-order valence-corrected chi connectivity index (χ3v) is 3.60. The van der Waals surface area contributed by atoms with Crippen molar-refractivity contribution < 1.29 is 9.59 Å². The molecule has 0 aliphatic carbocycles. The third-order valence-electron chi connectivity index (χ3n) is 3.34. The second-order valence-corrected chi connectivity index (χ2v) is 5.18. The van der Waals surface area contributed by atoms with Gasteiger partial charge < -0.3 is 0 Å². The van der Waals surface area contributed by atoms with Crippen molar-refractivity contribution in [1.82, 2.24) is 4.90 Å². The Morgan fingerprint density at radius 3 is 2.44 bits per heavy atom. The Hall–Kier alpha value is -1.39. The quantitative estimate of drug-likeness (QED) is 0.614. The van der Waals surface area contributed by atoms with Gasteiger partial charge in [-0.3, -0.25) is 19.4 Å². The Morgan fingerprint density at radius 2 is 1.83 bits per heavy atom. The molecule has 18 heavy (non-hydrogen) atoms. The van der Waals surface area contributed by atoms with Crippen LogP contribution in [0.15, 0.2) is 24.3 Å². The molecule has 0 bridgehead atoms. The van der Waals surface area contributed by atoms with E-state index in [2.05, 4.69) is 4.90 Å². The summed E-state index contributed by atoms with van der Waals surface area (Å²) in [5.41, 5.74) is 0.614. The molecule has 94 valence electrons. The smallest absolute Gasteiger partial charge is 0.238 e. The number of hydrogen-bond acceptors (Lipinski definition) is 3. The van der Waals surface area contributed by atoms with Crippen molar-refractivity contribution in [1.29, 1.82) is 0 Å². The van der Waals surface area contributed by atoms with Gasteiger partial charge in [-0.15, -0.1) is 0 Å². The minimum absolute atomic E-state index is 0.0887. The molecule has 2 aliphatic heterocycles. The van der Waals surface area contributed by atoms with Gasteiger partial charge in [0.25, 0.3) is 0 Å². The molecule has 0 aromatic heterocycles. The van der Waals surface area contributed by atoms with Gasteiger partial charge in [0.15, 0.2) is 0 Å². The van der Waals surface area contributed by atoms with Gasteiger partial charge in [0, 0.05) is 31.1 Å². The van der Waals surface area contributed by atoms with Crippen LogP contribution in [-0.4, -0.2) is 36.3 Å². The van der Waals surface area contributed by atoms with Crippen molar-refractivity contribution in [3.05, 3.63) is 29.3 Å². The van der Waals surface area contributed by atoms with E-state index in [0.717, 1.165) is 13.1 Å². The largest absolute Gasteiger partial charge is 0.300 e. The maximum absolute atomic E-state index is 12.2. The molecule has 0 saturated carbocycles. The van der Waals surface area contributed by atoms with E-state index in [4.69, 9.17) is 11.6 Å². The van der Waals surface area contributed by atoms with Crippen LogP contribution in [0.3, 0.4) is 0 Å². The number of amides is 2. The van der Waals surface area contributed by atoms with E-state index >= 15 is 0 Å². The molecular formula is C13H13ClN2O2. The highest BCUT2D eigenvalue weighted by atomic mass is 35.5. The minimum atomic E-state index is -0.185. The van der Waals surface area contributed by atoms with Crippen LogP contribution in [-0.2, 0) is 9.59 Å². The standard InChI is InChI=1S/C13H13ClN2O2/c14-10-1-3-11(4-2-10)16-12(17)7-9(13(16)18)8-15-5-6-15/h1-4,9H,5-8H2. The second-order valence-electron chi connectivity index (χ2n) is 4.75. The average molecular weight is 265 g/mol. The lowest BCUT2D eigenvalue weighted by Gasteiger charge is -2.15. The number of imide groups is 1. The molecule has 1 unspecified atom stereocenters. The molecule has 2 amide bonds. The number of nitrogens with zero attached hydrogens (tertiary/aromatic N) is 2. The van der Waals surface area contributed by atoms with Gasteiger partial charge in [0.2, 0.25) is 11.8 Å². The fourth-order valence-electron chi connectivity index (χ4n) is 2.26. The fourth-order valence-corrected chi connectivity index (χ4v) is 2.39. The van der Waals surface area contributed by atoms with E-state index in [1.165, 1.54) is 4.90 Å². The van der Waals surface area contributed by atoms with Crippen molar-refractivity contribution in [2.45, 2.75) is 6.42 Å². The molecule has 2 saturated heterocycles. The molecule has 2 aliphatic rings. The van der Waals surface area contributed by atoms with Crippen LogP contribution in [0.2, 0.25) is 5.02 Å². The molecule has 0 N–H and O–H groups in total. The number of anilines is 1. The van der Waals surface area contributed by atoms with Crippen LogP contribution >= 0.6 is 11.6 Å². The number of hydrogen-bond donors (Lipinski definition) is 0. The SMILES string of the molecule is O=C1CC(CN2CC2)C(=O)N1c1ccc(Cl)cc1. The maximum atomic E-state index is 12.2. The van der Waals surface area contributed by atoms with Crippen LogP contribution in [0.25, 0.3) is 0 Å². The van der Waals surface area contributed by atoms with E-state index in [-0.39, 0.29) is 17.7 Å². The van der Waals surface area contributed by atoms with E-state index in [9.17, 15) is 9.59 Å². The van der Waals surface area contributed by atoms with Gasteiger partial charge in [-0.1, -0.05) is 11.6 Å². The number of rotatable bonds is 3. The molecule has 0 radical (unpaired) electrons. The summed E-state index contributed by atoms with van der Waals surface area (Å²) in [6.45, 7) is 2.78. The number of halogens is 1. The van der Waals surface area contributed by atoms with E-state index in [0.29, 0.717) is 23.7 Å². The third kappa shape index (κ3) is 2.13. The first kappa shape index (κ1) is 11.7. The zero-order valence-corrected chi connectivity index (χ0v) is 10.6. The molecule has 1 aromatic rings. The summed E-state index contributed by atoms with van der Waals surface area (Å²) in [6, 6.07) is 6.79. The minimum Gasteiger partial charge on any atom is -0.300 e. The topological polar surface area (TPSA) is 40.4 Å². The summed E-state index contributed by atoms with van der Waals surface area (Å²) in [5.74, 6) is -0.390. The Kier molecular flexibility index (Phi) is 2.84. The van der Waals surface area contributed by atoms with Crippen molar-refractivity contribution in [2.75, 3.05) is 24.5 Å². The van der Waals surface area contributed by atoms with Crippen LogP contribution in [0.5, 0.6) is 0 Å². The predicted octanol–water partition coefficient (Wildman–Crippen LogP) is 1.54. The maximum Gasteiger partial charge on any atom is 0.238 e. The highest BCUT2D eigenvalue weighted by Gasteiger charge is 2.41. The highest BCUT2D eigenvalue weighted by Crippen LogP contribution is 2.28. The first-order chi connectivity index (χ1) is 8.65. The molecular weight excluding hydrogens is 252 g/mol. The summed E-state index contributed by atoms with van der Waals surface area (Å²) in [5, 5.41) is 0.596. The van der Waals surface area contributed by atoms with Gasteiger partial charge in [-0.25, -0.2) is 0 Å².